The lowest BCUT2D eigenvalue weighted by Crippen LogP contribution is -2.57. The molecule has 3 aliphatic rings. The summed E-state index contributed by atoms with van der Waals surface area (Å²) in [4.78, 5) is 44.7. The second kappa shape index (κ2) is 10.4. The molecule has 0 radical (unpaired) electrons. The normalized spacial score (nSPS) is 23.7. The van der Waals surface area contributed by atoms with Crippen LogP contribution in [0.25, 0.3) is 11.1 Å². The Morgan fingerprint density at radius 3 is 2.33 bits per heavy atom. The smallest absolute Gasteiger partial charge is 0.434 e. The summed E-state index contributed by atoms with van der Waals surface area (Å²) in [7, 11) is 0. The van der Waals surface area contributed by atoms with Crippen molar-refractivity contribution >= 4 is 23.5 Å². The largest absolute Gasteiger partial charge is 0.478 e. The Morgan fingerprint density at radius 1 is 1.00 bits per heavy atom. The van der Waals surface area contributed by atoms with E-state index in [1.54, 1.807) is 32.0 Å². The lowest BCUT2D eigenvalue weighted by Gasteiger charge is -2.37. The number of amides is 1. The van der Waals surface area contributed by atoms with E-state index in [-0.39, 0.29) is 41.4 Å². The number of halogens is 3. The van der Waals surface area contributed by atoms with Gasteiger partial charge in [0, 0.05) is 23.2 Å². The average Bonchev–Trinajstić information content (AvgIpc) is 3.44. The highest BCUT2D eigenvalue weighted by atomic mass is 19.4. The number of hydrogen-bond acceptors (Lipinski definition) is 9. The maximum atomic E-state index is 13.1. The first-order chi connectivity index (χ1) is 20.3. The Morgan fingerprint density at radius 2 is 1.65 bits per heavy atom. The Balaban J connectivity index is 1.14. The number of aromatic nitrogens is 2. The number of carboxylic acid groups (broad SMARTS) is 1. The molecule has 4 atom stereocenters. The van der Waals surface area contributed by atoms with Crippen LogP contribution in [0.5, 0.6) is 0 Å². The van der Waals surface area contributed by atoms with Gasteiger partial charge in [-0.15, -0.1) is 0 Å². The zero-order chi connectivity index (χ0) is 30.7. The Labute approximate surface area is 242 Å². The highest BCUT2D eigenvalue weighted by Gasteiger charge is 2.52. The maximum absolute atomic E-state index is 13.1. The number of carboxylic acids is 1. The molecule has 1 aliphatic carbocycles. The van der Waals surface area contributed by atoms with Gasteiger partial charge in [0.15, 0.2) is 17.3 Å². The third kappa shape index (κ3) is 5.44. The van der Waals surface area contributed by atoms with E-state index in [9.17, 15) is 32.7 Å². The molecular weight excluding hydrogens is 573 g/mol. The molecule has 3 heterocycles. The number of nitrogens with zero attached hydrogens (tertiary/aromatic N) is 2. The first-order valence-electron chi connectivity index (χ1n) is 13.3. The second-order valence-electron chi connectivity index (χ2n) is 10.8. The molecule has 3 aromatic rings. The summed E-state index contributed by atoms with van der Waals surface area (Å²) in [5.74, 6) is -3.12. The molecule has 2 aromatic carbocycles. The number of ketones is 1. The van der Waals surface area contributed by atoms with Crippen LogP contribution in [0.4, 0.5) is 19.0 Å². The van der Waals surface area contributed by atoms with Gasteiger partial charge in [-0.1, -0.05) is 12.1 Å². The van der Waals surface area contributed by atoms with E-state index in [0.29, 0.717) is 22.9 Å². The first kappa shape index (κ1) is 28.7. The van der Waals surface area contributed by atoms with Gasteiger partial charge >= 0.3 is 12.1 Å². The van der Waals surface area contributed by atoms with Crippen molar-refractivity contribution < 1.29 is 46.9 Å². The van der Waals surface area contributed by atoms with Gasteiger partial charge in [-0.2, -0.15) is 13.2 Å². The van der Waals surface area contributed by atoms with Gasteiger partial charge in [0.2, 0.25) is 0 Å². The Hall–Kier alpha value is -4.40. The highest BCUT2D eigenvalue weighted by Crippen LogP contribution is 2.38. The fourth-order valence-corrected chi connectivity index (χ4v) is 5.54. The number of carbonyl (C=O) groups excluding carboxylic acids is 2. The number of fused-ring (bicyclic) bond motifs is 4. The summed E-state index contributed by atoms with van der Waals surface area (Å²) in [6, 6.07) is 8.38. The van der Waals surface area contributed by atoms with Crippen molar-refractivity contribution in [2.24, 2.45) is 0 Å². The highest BCUT2D eigenvalue weighted by molar-refractivity contribution is 6.23. The number of nitrogens with one attached hydrogen (secondary N) is 2. The van der Waals surface area contributed by atoms with E-state index in [2.05, 4.69) is 20.6 Å². The molecule has 1 aromatic heterocycles. The minimum Gasteiger partial charge on any atom is -0.478 e. The van der Waals surface area contributed by atoms with E-state index in [0.717, 1.165) is 0 Å². The van der Waals surface area contributed by atoms with Crippen LogP contribution in [0.1, 0.15) is 56.2 Å². The first-order valence-corrected chi connectivity index (χ1v) is 13.3. The van der Waals surface area contributed by atoms with Crippen molar-refractivity contribution in [3.8, 4) is 11.1 Å². The van der Waals surface area contributed by atoms with Crippen molar-refractivity contribution in [3.05, 3.63) is 76.7 Å². The number of hydrogen-bond donors (Lipinski definition) is 3. The van der Waals surface area contributed by atoms with Crippen LogP contribution < -0.4 is 10.6 Å². The number of alkyl halides is 3. The maximum Gasteiger partial charge on any atom is 0.434 e. The third-order valence-electron chi connectivity index (χ3n) is 7.47. The van der Waals surface area contributed by atoms with Crippen LogP contribution in [0.2, 0.25) is 0 Å². The van der Waals surface area contributed by atoms with Crippen molar-refractivity contribution in [2.45, 2.75) is 50.2 Å². The zero-order valence-electron chi connectivity index (χ0n) is 22.8. The van der Waals surface area contributed by atoms with Crippen LogP contribution in [0.15, 0.2) is 48.8 Å². The van der Waals surface area contributed by atoms with Gasteiger partial charge in [0.1, 0.15) is 24.1 Å². The van der Waals surface area contributed by atoms with Crippen LogP contribution in [0, 0.1) is 0 Å². The number of aromatic carboxylic acids is 1. The second-order valence-corrected chi connectivity index (χ2v) is 10.8. The minimum absolute atomic E-state index is 0.00913. The number of anilines is 1. The van der Waals surface area contributed by atoms with Gasteiger partial charge < -0.3 is 30.0 Å². The van der Waals surface area contributed by atoms with Crippen molar-refractivity contribution in [2.75, 3.05) is 18.5 Å². The molecule has 2 saturated heterocycles. The SMILES string of the molecule is CC1(C)O[C@@H]2[C@H](O1)[C@@H](Nc1cncc(C(F)(F)F)n1)CO[C@@H]2CNC(=O)c1ccc2c(c1)C(=O)c1cc(C(=O)O)ccc1-2. The standard InChI is InChI=1S/C29H25F3N4O7/c1-28(2)42-24-19(35-22-11-33-10-21(36-22)29(30,31)32)12-41-20(25(24)43-28)9-34-26(38)13-3-5-15-16-6-4-14(27(39)40)8-18(16)23(37)17(15)7-13/h3-8,10-11,19-20,24-25H,9,12H2,1-2H3,(H,34,38)(H,35,36)(H,39,40)/t19-,20+,24+,25-/m0/s1. The van der Waals surface area contributed by atoms with Gasteiger partial charge in [0.05, 0.1) is 30.6 Å². The van der Waals surface area contributed by atoms with Gasteiger partial charge in [-0.05, 0) is 49.2 Å². The molecule has 2 fully saturated rings. The molecule has 0 bridgehead atoms. The summed E-state index contributed by atoms with van der Waals surface area (Å²) in [5, 5.41) is 15.0. The number of benzene rings is 2. The van der Waals surface area contributed by atoms with Crippen LogP contribution in [-0.2, 0) is 20.4 Å². The van der Waals surface area contributed by atoms with Crippen molar-refractivity contribution in [3.63, 3.8) is 0 Å². The predicted octanol–water partition coefficient (Wildman–Crippen LogP) is 3.53. The third-order valence-corrected chi connectivity index (χ3v) is 7.47. The monoisotopic (exact) mass is 598 g/mol. The van der Waals surface area contributed by atoms with Crippen molar-refractivity contribution in [1.82, 2.24) is 15.3 Å². The fourth-order valence-electron chi connectivity index (χ4n) is 5.54. The van der Waals surface area contributed by atoms with E-state index in [1.807, 2.05) is 0 Å². The molecule has 0 saturated carbocycles. The fraction of sp³-hybridized carbons (Fsp3) is 0.345. The van der Waals surface area contributed by atoms with Gasteiger partial charge in [-0.25, -0.2) is 9.78 Å². The zero-order valence-corrected chi connectivity index (χ0v) is 22.8. The Bertz CT molecular complexity index is 1640. The molecule has 43 heavy (non-hydrogen) atoms. The quantitative estimate of drug-likeness (QED) is 0.301. The molecule has 1 amide bonds. The van der Waals surface area contributed by atoms with Gasteiger partial charge in [-0.3, -0.25) is 14.6 Å². The minimum atomic E-state index is -4.66. The summed E-state index contributed by atoms with van der Waals surface area (Å²) < 4.78 is 57.4. The van der Waals surface area contributed by atoms with Crippen LogP contribution >= 0.6 is 0 Å². The van der Waals surface area contributed by atoms with Crippen LogP contribution in [-0.4, -0.2) is 76.0 Å². The summed E-state index contributed by atoms with van der Waals surface area (Å²) >= 11 is 0. The number of rotatable bonds is 6. The molecule has 224 valence electrons. The van der Waals surface area contributed by atoms with Crippen molar-refractivity contribution in [1.29, 1.82) is 0 Å². The number of carbonyl (C=O) groups is 3. The average molecular weight is 599 g/mol. The molecule has 0 spiro atoms. The van der Waals surface area contributed by atoms with E-state index < -0.39 is 53.9 Å². The van der Waals surface area contributed by atoms with E-state index in [1.165, 1.54) is 24.4 Å². The Kier molecular flexibility index (Phi) is 6.94. The topological polar surface area (TPSA) is 149 Å². The lowest BCUT2D eigenvalue weighted by atomic mass is 9.97. The molecule has 0 unspecified atom stereocenters. The lowest BCUT2D eigenvalue weighted by molar-refractivity contribution is -0.153. The molecule has 14 heteroatoms. The van der Waals surface area contributed by atoms with Crippen LogP contribution in [0.3, 0.4) is 0 Å². The molecular formula is C29H25F3N4O7. The summed E-state index contributed by atoms with van der Waals surface area (Å²) in [6.45, 7) is 3.42. The summed E-state index contributed by atoms with van der Waals surface area (Å²) in [6.07, 6.45) is -4.84. The molecule has 6 rings (SSSR count). The van der Waals surface area contributed by atoms with E-state index >= 15 is 0 Å². The molecule has 3 N–H and O–H groups in total. The molecule has 2 aliphatic heterocycles. The number of ether oxygens (including phenoxy) is 3. The van der Waals surface area contributed by atoms with E-state index in [4.69, 9.17) is 14.2 Å². The molecule has 11 nitrogen and oxygen atoms in total. The summed E-state index contributed by atoms with van der Waals surface area (Å²) in [5.41, 5.74) is 0.822. The predicted molar refractivity (Wildman–Crippen MR) is 143 cm³/mol. The van der Waals surface area contributed by atoms with Gasteiger partial charge in [0.25, 0.3) is 5.91 Å².